The van der Waals surface area contributed by atoms with Crippen LogP contribution in [0.2, 0.25) is 0 Å². The molecular formula is C19H17N5O2. The van der Waals surface area contributed by atoms with Gasteiger partial charge in [-0.3, -0.25) is 0 Å². The lowest BCUT2D eigenvalue weighted by molar-refractivity contribution is 0.174. The maximum absolute atomic E-state index is 5.46. The lowest BCUT2D eigenvalue weighted by atomic mass is 10.2. The standard InChI is InChI=1S/C19H17N5O2/c1-10-6-11(2)20-18-17(10)19-21-12(3)7-16(24(19)23-18)22-13-4-5-14-15(8-13)26-9-25-14/h4-8,22H,9H2,1-3H3. The van der Waals surface area contributed by atoms with Crippen molar-refractivity contribution in [1.82, 2.24) is 19.6 Å². The van der Waals surface area contributed by atoms with Crippen LogP contribution in [-0.2, 0) is 0 Å². The minimum absolute atomic E-state index is 0.256. The number of fused-ring (bicyclic) bond motifs is 4. The van der Waals surface area contributed by atoms with Crippen LogP contribution >= 0.6 is 0 Å². The van der Waals surface area contributed by atoms with E-state index in [0.29, 0.717) is 5.65 Å². The second kappa shape index (κ2) is 5.32. The highest BCUT2D eigenvalue weighted by atomic mass is 16.7. The summed E-state index contributed by atoms with van der Waals surface area (Å²) >= 11 is 0. The summed E-state index contributed by atoms with van der Waals surface area (Å²) in [5, 5.41) is 9.06. The van der Waals surface area contributed by atoms with Gasteiger partial charge in [-0.1, -0.05) is 0 Å². The first-order valence-corrected chi connectivity index (χ1v) is 8.39. The summed E-state index contributed by atoms with van der Waals surface area (Å²) in [4.78, 5) is 9.25. The van der Waals surface area contributed by atoms with Crippen molar-refractivity contribution in [3.63, 3.8) is 0 Å². The van der Waals surface area contributed by atoms with Crippen molar-refractivity contribution >= 4 is 28.2 Å². The van der Waals surface area contributed by atoms with Crippen LogP contribution in [-0.4, -0.2) is 26.4 Å². The molecule has 130 valence electrons. The van der Waals surface area contributed by atoms with E-state index < -0.39 is 0 Å². The van der Waals surface area contributed by atoms with E-state index in [-0.39, 0.29) is 6.79 Å². The molecular weight excluding hydrogens is 330 g/mol. The molecule has 0 spiro atoms. The van der Waals surface area contributed by atoms with Crippen molar-refractivity contribution in [2.75, 3.05) is 12.1 Å². The van der Waals surface area contributed by atoms with Crippen LogP contribution in [0.4, 0.5) is 11.5 Å². The van der Waals surface area contributed by atoms with Crippen molar-refractivity contribution in [3.05, 3.63) is 47.3 Å². The van der Waals surface area contributed by atoms with Crippen LogP contribution in [0.15, 0.2) is 30.3 Å². The molecule has 0 atom stereocenters. The predicted octanol–water partition coefficient (Wildman–Crippen LogP) is 3.68. The molecule has 26 heavy (non-hydrogen) atoms. The Labute approximate surface area is 149 Å². The number of pyridine rings is 1. The van der Waals surface area contributed by atoms with Gasteiger partial charge in [-0.05, 0) is 44.5 Å². The molecule has 1 aliphatic heterocycles. The molecule has 0 fully saturated rings. The van der Waals surface area contributed by atoms with E-state index in [1.807, 2.05) is 42.6 Å². The summed E-state index contributed by atoms with van der Waals surface area (Å²) < 4.78 is 12.6. The molecule has 0 aliphatic carbocycles. The maximum Gasteiger partial charge on any atom is 0.231 e. The van der Waals surface area contributed by atoms with Crippen molar-refractivity contribution in [2.24, 2.45) is 0 Å². The number of aryl methyl sites for hydroxylation is 3. The van der Waals surface area contributed by atoms with Crippen LogP contribution in [0.3, 0.4) is 0 Å². The third-order valence-corrected chi connectivity index (χ3v) is 4.45. The number of aromatic nitrogens is 4. The van der Waals surface area contributed by atoms with Gasteiger partial charge in [-0.15, -0.1) is 5.10 Å². The van der Waals surface area contributed by atoms with Crippen LogP contribution in [0.5, 0.6) is 11.5 Å². The predicted molar refractivity (Wildman–Crippen MR) is 98.3 cm³/mol. The first-order chi connectivity index (χ1) is 12.6. The van der Waals surface area contributed by atoms with Gasteiger partial charge in [0.1, 0.15) is 5.82 Å². The molecule has 0 amide bonds. The van der Waals surface area contributed by atoms with E-state index in [4.69, 9.17) is 14.5 Å². The summed E-state index contributed by atoms with van der Waals surface area (Å²) in [7, 11) is 0. The molecule has 0 saturated heterocycles. The zero-order chi connectivity index (χ0) is 17.8. The minimum Gasteiger partial charge on any atom is -0.454 e. The Morgan fingerprint density at radius 3 is 2.65 bits per heavy atom. The third kappa shape index (κ3) is 2.24. The lowest BCUT2D eigenvalue weighted by Crippen LogP contribution is -2.02. The van der Waals surface area contributed by atoms with Gasteiger partial charge in [0.15, 0.2) is 22.8 Å². The molecule has 7 heteroatoms. The molecule has 3 aromatic heterocycles. The number of benzene rings is 1. The molecule has 4 heterocycles. The summed E-state index contributed by atoms with van der Waals surface area (Å²) in [6.07, 6.45) is 0. The quantitative estimate of drug-likeness (QED) is 0.596. The molecule has 1 N–H and O–H groups in total. The average Bonchev–Trinajstić information content (AvgIpc) is 3.18. The fraction of sp³-hybridized carbons (Fsp3) is 0.211. The number of nitrogens with one attached hydrogen (secondary N) is 1. The molecule has 1 aromatic carbocycles. The van der Waals surface area contributed by atoms with Crippen molar-refractivity contribution < 1.29 is 9.47 Å². The highest BCUT2D eigenvalue weighted by Crippen LogP contribution is 2.35. The monoisotopic (exact) mass is 347 g/mol. The SMILES string of the molecule is Cc1cc(C)c2c(n1)nn1c(Nc3ccc4c(c3)OCO4)cc(C)nc21. The normalized spacial score (nSPS) is 12.9. The number of hydrogen-bond donors (Lipinski definition) is 1. The van der Waals surface area contributed by atoms with Crippen molar-refractivity contribution in [1.29, 1.82) is 0 Å². The Hall–Kier alpha value is -3.35. The zero-order valence-electron chi connectivity index (χ0n) is 14.7. The molecule has 0 saturated carbocycles. The highest BCUT2D eigenvalue weighted by Gasteiger charge is 2.16. The Bertz CT molecular complexity index is 1180. The van der Waals surface area contributed by atoms with Crippen molar-refractivity contribution in [2.45, 2.75) is 20.8 Å². The van der Waals surface area contributed by atoms with E-state index in [0.717, 1.165) is 51.0 Å². The van der Waals surface area contributed by atoms with Gasteiger partial charge in [0, 0.05) is 29.2 Å². The Kier molecular flexibility index (Phi) is 3.06. The smallest absolute Gasteiger partial charge is 0.231 e. The number of nitrogens with zero attached hydrogens (tertiary/aromatic N) is 4. The fourth-order valence-electron chi connectivity index (χ4n) is 3.35. The molecule has 4 aromatic rings. The molecule has 0 bridgehead atoms. The highest BCUT2D eigenvalue weighted by molar-refractivity contribution is 5.93. The van der Waals surface area contributed by atoms with E-state index in [1.54, 1.807) is 0 Å². The van der Waals surface area contributed by atoms with Gasteiger partial charge in [0.25, 0.3) is 0 Å². The van der Waals surface area contributed by atoms with Crippen LogP contribution in [0.25, 0.3) is 16.7 Å². The molecule has 0 radical (unpaired) electrons. The number of ether oxygens (including phenoxy) is 2. The zero-order valence-corrected chi connectivity index (χ0v) is 14.7. The van der Waals surface area contributed by atoms with Gasteiger partial charge in [0.2, 0.25) is 6.79 Å². The molecule has 7 nitrogen and oxygen atoms in total. The summed E-state index contributed by atoms with van der Waals surface area (Å²) in [6, 6.07) is 9.78. The number of anilines is 2. The lowest BCUT2D eigenvalue weighted by Gasteiger charge is -2.10. The topological polar surface area (TPSA) is 73.6 Å². The Morgan fingerprint density at radius 2 is 1.77 bits per heavy atom. The first kappa shape index (κ1) is 14.9. The van der Waals surface area contributed by atoms with Crippen LogP contribution in [0, 0.1) is 20.8 Å². The maximum atomic E-state index is 5.46. The largest absolute Gasteiger partial charge is 0.454 e. The van der Waals surface area contributed by atoms with Crippen molar-refractivity contribution in [3.8, 4) is 11.5 Å². The van der Waals surface area contributed by atoms with Crippen LogP contribution < -0.4 is 14.8 Å². The average molecular weight is 347 g/mol. The van der Waals surface area contributed by atoms with E-state index in [1.165, 1.54) is 0 Å². The van der Waals surface area contributed by atoms with Gasteiger partial charge < -0.3 is 14.8 Å². The number of rotatable bonds is 2. The second-order valence-electron chi connectivity index (χ2n) is 6.49. The van der Waals surface area contributed by atoms with Crippen LogP contribution in [0.1, 0.15) is 17.0 Å². The van der Waals surface area contributed by atoms with Gasteiger partial charge >= 0.3 is 0 Å². The summed E-state index contributed by atoms with van der Waals surface area (Å²) in [5.74, 6) is 2.31. The second-order valence-corrected chi connectivity index (χ2v) is 6.49. The van der Waals surface area contributed by atoms with E-state index in [2.05, 4.69) is 28.4 Å². The fourth-order valence-corrected chi connectivity index (χ4v) is 3.35. The third-order valence-electron chi connectivity index (χ3n) is 4.45. The van der Waals surface area contributed by atoms with Gasteiger partial charge in [-0.2, -0.15) is 4.52 Å². The van der Waals surface area contributed by atoms with E-state index >= 15 is 0 Å². The Morgan fingerprint density at radius 1 is 0.962 bits per heavy atom. The van der Waals surface area contributed by atoms with E-state index in [9.17, 15) is 0 Å². The number of hydrogen-bond acceptors (Lipinski definition) is 6. The summed E-state index contributed by atoms with van der Waals surface area (Å²) in [5.41, 5.74) is 5.36. The van der Waals surface area contributed by atoms with Gasteiger partial charge in [0.05, 0.1) is 5.39 Å². The Balaban J connectivity index is 1.69. The first-order valence-electron chi connectivity index (χ1n) is 8.39. The van der Waals surface area contributed by atoms with Gasteiger partial charge in [-0.25, -0.2) is 9.97 Å². The molecule has 5 rings (SSSR count). The molecule has 1 aliphatic rings. The molecule has 0 unspecified atom stereocenters. The minimum atomic E-state index is 0.256. The summed E-state index contributed by atoms with van der Waals surface area (Å²) in [6.45, 7) is 6.27.